The number of H-pyrrole nitrogens is 1. The van der Waals surface area contributed by atoms with Crippen molar-refractivity contribution in [1.82, 2.24) is 15.5 Å². The van der Waals surface area contributed by atoms with Crippen LogP contribution in [-0.4, -0.2) is 48.5 Å². The Hall–Kier alpha value is -3.39. The molecule has 1 amide bonds. The number of esters is 1. The molecule has 3 rings (SSSR count). The Morgan fingerprint density at radius 2 is 1.76 bits per heavy atom. The predicted molar refractivity (Wildman–Crippen MR) is 136 cm³/mol. The number of nitrogens with zero attached hydrogens (tertiary/aromatic N) is 1. The van der Waals surface area contributed by atoms with E-state index in [1.165, 1.54) is 13.2 Å². The summed E-state index contributed by atoms with van der Waals surface area (Å²) in [5, 5.41) is 8.03. The smallest absolute Gasteiger partial charge is 0.471 e. The number of amides is 1. The van der Waals surface area contributed by atoms with Crippen molar-refractivity contribution in [2.75, 3.05) is 14.2 Å². The van der Waals surface area contributed by atoms with E-state index in [0.29, 0.717) is 43.9 Å². The lowest BCUT2D eigenvalue weighted by Gasteiger charge is -2.19. The lowest BCUT2D eigenvalue weighted by Crippen LogP contribution is -2.48. The number of halogens is 5. The highest BCUT2D eigenvalue weighted by atomic mass is 79.9. The second kappa shape index (κ2) is 12.4. The summed E-state index contributed by atoms with van der Waals surface area (Å²) in [4.78, 5) is 34.7. The molecule has 0 spiro atoms. The second-order valence-corrected chi connectivity index (χ2v) is 9.51. The van der Waals surface area contributed by atoms with Crippen LogP contribution in [0.25, 0.3) is 0 Å². The van der Waals surface area contributed by atoms with Crippen molar-refractivity contribution in [2.24, 2.45) is 0 Å². The van der Waals surface area contributed by atoms with E-state index in [0.717, 1.165) is 12.7 Å². The normalized spacial score (nSPS) is 12.0. The van der Waals surface area contributed by atoms with Crippen LogP contribution in [-0.2, 0) is 27.2 Å². The van der Waals surface area contributed by atoms with Crippen LogP contribution in [0.4, 0.5) is 13.2 Å². The highest BCUT2D eigenvalue weighted by Crippen LogP contribution is 2.39. The van der Waals surface area contributed by atoms with Crippen LogP contribution in [0.15, 0.2) is 56.2 Å². The number of hydrogen-bond donors (Lipinski definition) is 2. The third kappa shape index (κ3) is 7.57. The molecule has 0 aliphatic heterocycles. The van der Waals surface area contributed by atoms with Crippen molar-refractivity contribution in [3.63, 3.8) is 0 Å². The van der Waals surface area contributed by atoms with E-state index in [9.17, 15) is 27.6 Å². The summed E-state index contributed by atoms with van der Waals surface area (Å²) in [6, 6.07) is 9.60. The van der Waals surface area contributed by atoms with Crippen LogP contribution in [0.1, 0.15) is 16.8 Å². The number of ether oxygens (including phenoxy) is 3. The number of hydrogen-bond acceptors (Lipinski definition) is 7. The van der Waals surface area contributed by atoms with Crippen molar-refractivity contribution in [3.05, 3.63) is 78.6 Å². The predicted octanol–water partition coefficient (Wildman–Crippen LogP) is 4.45. The van der Waals surface area contributed by atoms with E-state index < -0.39 is 24.1 Å². The highest BCUT2D eigenvalue weighted by Gasteiger charge is 2.41. The molecule has 0 fully saturated rings. The van der Waals surface area contributed by atoms with Gasteiger partial charge in [0.15, 0.2) is 5.75 Å². The van der Waals surface area contributed by atoms with Crippen molar-refractivity contribution < 1.29 is 37.0 Å². The number of benzene rings is 2. The fourth-order valence-electron chi connectivity index (χ4n) is 3.38. The minimum Gasteiger partial charge on any atom is -0.496 e. The fraction of sp³-hybridized carbons (Fsp3) is 0.250. The second-order valence-electron chi connectivity index (χ2n) is 7.80. The van der Waals surface area contributed by atoms with Gasteiger partial charge in [0.25, 0.3) is 5.56 Å². The summed E-state index contributed by atoms with van der Waals surface area (Å²) >= 11 is 6.76. The first-order chi connectivity index (χ1) is 17.9. The minimum atomic E-state index is -5.16. The molecule has 0 aliphatic rings. The van der Waals surface area contributed by atoms with Crippen LogP contribution >= 0.6 is 31.9 Å². The molecule has 38 heavy (non-hydrogen) atoms. The first-order valence-electron chi connectivity index (χ1n) is 10.7. The van der Waals surface area contributed by atoms with Crippen LogP contribution in [0.2, 0.25) is 0 Å². The van der Waals surface area contributed by atoms with Gasteiger partial charge in [0, 0.05) is 24.5 Å². The van der Waals surface area contributed by atoms with E-state index in [1.54, 1.807) is 41.7 Å². The Bertz CT molecular complexity index is 1350. The van der Waals surface area contributed by atoms with Gasteiger partial charge in [-0.05, 0) is 73.8 Å². The molecule has 14 heteroatoms. The molecule has 1 aromatic heterocycles. The van der Waals surface area contributed by atoms with Gasteiger partial charge in [0.1, 0.15) is 17.5 Å². The maximum absolute atomic E-state index is 12.7. The maximum atomic E-state index is 12.7. The van der Waals surface area contributed by atoms with Crippen molar-refractivity contribution in [1.29, 1.82) is 0 Å². The van der Waals surface area contributed by atoms with Gasteiger partial charge in [-0.1, -0.05) is 0 Å². The topological polar surface area (TPSA) is 120 Å². The van der Waals surface area contributed by atoms with Crippen LogP contribution < -0.4 is 20.3 Å². The van der Waals surface area contributed by atoms with E-state index in [4.69, 9.17) is 9.47 Å². The molecule has 0 bridgehead atoms. The quantitative estimate of drug-likeness (QED) is 0.325. The molecule has 1 atom stereocenters. The monoisotopic (exact) mass is 661 g/mol. The first kappa shape index (κ1) is 29.2. The zero-order valence-electron chi connectivity index (χ0n) is 19.8. The molecular formula is C24H20Br2F3N3O6. The minimum absolute atomic E-state index is 0.273. The fourth-order valence-corrected chi connectivity index (χ4v) is 4.82. The Morgan fingerprint density at radius 3 is 2.32 bits per heavy atom. The number of aromatic amines is 1. The number of rotatable bonds is 9. The number of alkyl halides is 3. The van der Waals surface area contributed by atoms with Gasteiger partial charge >= 0.3 is 18.1 Å². The summed E-state index contributed by atoms with van der Waals surface area (Å²) < 4.78 is 54.9. The van der Waals surface area contributed by atoms with Crippen molar-refractivity contribution >= 4 is 43.7 Å². The molecule has 202 valence electrons. The molecule has 0 saturated heterocycles. The molecule has 0 saturated carbocycles. The number of aromatic nitrogens is 2. The number of methoxy groups -OCH3 is 2. The van der Waals surface area contributed by atoms with Gasteiger partial charge in [-0.15, -0.1) is 0 Å². The van der Waals surface area contributed by atoms with Gasteiger partial charge in [-0.3, -0.25) is 9.59 Å². The van der Waals surface area contributed by atoms with Gasteiger partial charge < -0.3 is 19.5 Å². The van der Waals surface area contributed by atoms with Crippen LogP contribution in [0.5, 0.6) is 17.2 Å². The zero-order valence-corrected chi connectivity index (χ0v) is 23.0. The number of nitrogens with one attached hydrogen (secondary N) is 2. The van der Waals surface area contributed by atoms with Gasteiger partial charge in [0.2, 0.25) is 0 Å². The lowest BCUT2D eigenvalue weighted by atomic mass is 10.1. The first-order valence-corrected chi connectivity index (χ1v) is 12.3. The average Bonchev–Trinajstić information content (AvgIpc) is 2.86. The summed E-state index contributed by atoms with van der Waals surface area (Å²) in [7, 11) is 2.53. The molecule has 0 aliphatic carbocycles. The molecular weight excluding hydrogens is 643 g/mol. The Kier molecular flexibility index (Phi) is 9.55. The molecule has 0 unspecified atom stereocenters. The van der Waals surface area contributed by atoms with Crippen LogP contribution in [0.3, 0.4) is 0 Å². The zero-order chi connectivity index (χ0) is 28.0. The average molecular weight is 663 g/mol. The number of carbonyl (C=O) groups excluding carboxylic acids is 2. The molecule has 2 aromatic carbocycles. The van der Waals surface area contributed by atoms with Gasteiger partial charge in [-0.2, -0.15) is 18.3 Å². The molecule has 0 radical (unpaired) electrons. The van der Waals surface area contributed by atoms with Crippen molar-refractivity contribution in [2.45, 2.75) is 25.1 Å². The number of carbonyl (C=O) groups is 2. The summed E-state index contributed by atoms with van der Waals surface area (Å²) in [5.41, 5.74) is 1.42. The van der Waals surface area contributed by atoms with E-state index in [1.807, 2.05) is 0 Å². The largest absolute Gasteiger partial charge is 0.496 e. The van der Waals surface area contributed by atoms with Crippen molar-refractivity contribution in [3.8, 4) is 17.2 Å². The standard InChI is InChI=1S/C24H20Br2F3N3O6/c1-36-19-5-4-15(11-13(19)10-14-3-6-20(33)32-31-14)38-21-16(25)7-12(8-17(21)26)9-18(22(34)37-2)30-23(35)24(27,28)29/h3-8,11,18H,9-10H2,1-2H3,(H,30,35)(H,32,33)/t18-/m0/s1. The lowest BCUT2D eigenvalue weighted by molar-refractivity contribution is -0.175. The van der Waals surface area contributed by atoms with E-state index in [2.05, 4.69) is 46.8 Å². The van der Waals surface area contributed by atoms with E-state index >= 15 is 0 Å². The third-order valence-corrected chi connectivity index (χ3v) is 6.30. The molecule has 2 N–H and O–H groups in total. The molecule has 3 aromatic rings. The molecule has 9 nitrogen and oxygen atoms in total. The maximum Gasteiger partial charge on any atom is 0.471 e. The molecule has 1 heterocycles. The van der Waals surface area contributed by atoms with Gasteiger partial charge in [-0.25, -0.2) is 9.89 Å². The summed E-state index contributed by atoms with van der Waals surface area (Å²) in [6.45, 7) is 0. The highest BCUT2D eigenvalue weighted by molar-refractivity contribution is 9.11. The Balaban J connectivity index is 1.83. The summed E-state index contributed by atoms with van der Waals surface area (Å²) in [6.07, 6.45) is -5.09. The Labute approximate surface area is 230 Å². The third-order valence-electron chi connectivity index (χ3n) is 5.13. The van der Waals surface area contributed by atoms with E-state index in [-0.39, 0.29) is 12.0 Å². The van der Waals surface area contributed by atoms with Gasteiger partial charge in [0.05, 0.1) is 28.9 Å². The van der Waals surface area contributed by atoms with Crippen LogP contribution in [0, 0.1) is 0 Å². The Morgan fingerprint density at radius 1 is 1.08 bits per heavy atom. The SMILES string of the molecule is COC(=O)[C@H](Cc1cc(Br)c(Oc2ccc(OC)c(Cc3ccc(=O)[nH]n3)c2)c(Br)c1)NC(=O)C(F)(F)F. The summed E-state index contributed by atoms with van der Waals surface area (Å²) in [5.74, 6) is -1.92.